The molecule has 0 bridgehead atoms. The molecule has 0 saturated carbocycles. The number of rotatable bonds is 20. The Morgan fingerprint density at radius 1 is 0.577 bits per heavy atom. The second-order valence-corrected chi connectivity index (χ2v) is 8.65. The zero-order valence-electron chi connectivity index (χ0n) is 18.1. The molecule has 1 rings (SSSR count). The summed E-state index contributed by atoms with van der Waals surface area (Å²) in [5, 5.41) is 10.4. The van der Waals surface area contributed by atoms with Crippen molar-refractivity contribution in [1.82, 2.24) is 0 Å². The topological polar surface area (TPSA) is 32.8 Å². The number of epoxide rings is 1. The summed E-state index contributed by atoms with van der Waals surface area (Å²) in [6.07, 6.45) is 26.3. The summed E-state index contributed by atoms with van der Waals surface area (Å²) < 4.78 is 5.60. The highest BCUT2D eigenvalue weighted by molar-refractivity contribution is 4.92. The molecule has 1 aliphatic heterocycles. The van der Waals surface area contributed by atoms with Crippen LogP contribution >= 0.6 is 0 Å². The lowest BCUT2D eigenvalue weighted by Gasteiger charge is -2.06. The Bertz CT molecular complexity index is 305. The first-order chi connectivity index (χ1) is 12.7. The summed E-state index contributed by atoms with van der Waals surface area (Å²) >= 11 is 0. The fraction of sp³-hybridized carbons (Fsp3) is 1.00. The average Bonchev–Trinajstić information content (AvgIpc) is 3.29. The summed E-state index contributed by atoms with van der Waals surface area (Å²) in [4.78, 5) is 0. The summed E-state index contributed by atoms with van der Waals surface area (Å²) in [6, 6.07) is 0. The van der Waals surface area contributed by atoms with Crippen LogP contribution in [-0.4, -0.2) is 17.0 Å². The minimum absolute atomic E-state index is 0.140. The molecular weight excluding hydrogens is 320 g/mol. The van der Waals surface area contributed by atoms with Crippen molar-refractivity contribution in [3.05, 3.63) is 0 Å². The first-order valence-corrected chi connectivity index (χ1v) is 12.1. The molecule has 1 heterocycles. The molecule has 0 aromatic carbocycles. The van der Waals surface area contributed by atoms with Crippen LogP contribution in [-0.2, 0) is 4.74 Å². The van der Waals surface area contributed by atoms with Crippen molar-refractivity contribution in [3.63, 3.8) is 0 Å². The van der Waals surface area contributed by atoms with Crippen LogP contribution in [0.5, 0.6) is 0 Å². The molecule has 0 amide bonds. The van der Waals surface area contributed by atoms with Crippen molar-refractivity contribution in [2.75, 3.05) is 0 Å². The molecule has 1 N–H and O–H groups in total. The maximum Gasteiger partial charge on any atom is 0.192 e. The molecule has 0 aromatic rings. The Kier molecular flexibility index (Phi) is 14.7. The predicted molar refractivity (Wildman–Crippen MR) is 114 cm³/mol. The number of hydrogen-bond acceptors (Lipinski definition) is 2. The van der Waals surface area contributed by atoms with Crippen molar-refractivity contribution < 1.29 is 9.84 Å². The van der Waals surface area contributed by atoms with Crippen LogP contribution in [0.2, 0.25) is 0 Å². The molecular formula is C24H48O2. The summed E-state index contributed by atoms with van der Waals surface area (Å²) in [6.45, 7) is 4.54. The van der Waals surface area contributed by atoms with Gasteiger partial charge in [0.05, 0.1) is 0 Å². The van der Waals surface area contributed by atoms with E-state index in [1.807, 2.05) is 0 Å². The van der Waals surface area contributed by atoms with Crippen molar-refractivity contribution in [1.29, 1.82) is 0 Å². The Balaban J connectivity index is 1.81. The predicted octanol–water partition coefficient (Wildman–Crippen LogP) is 7.92. The first kappa shape index (κ1) is 24.0. The van der Waals surface area contributed by atoms with Crippen molar-refractivity contribution in [2.24, 2.45) is 0 Å². The zero-order chi connectivity index (χ0) is 18.9. The number of aliphatic hydroxyl groups is 1. The summed E-state index contributed by atoms with van der Waals surface area (Å²) in [7, 11) is 0. The molecule has 26 heavy (non-hydrogen) atoms. The molecule has 2 unspecified atom stereocenters. The lowest BCUT2D eigenvalue weighted by Crippen LogP contribution is -2.13. The third-order valence-corrected chi connectivity index (χ3v) is 6.00. The van der Waals surface area contributed by atoms with Gasteiger partial charge in [-0.3, -0.25) is 0 Å². The van der Waals surface area contributed by atoms with E-state index in [2.05, 4.69) is 13.8 Å². The van der Waals surface area contributed by atoms with Gasteiger partial charge in [-0.1, -0.05) is 123 Å². The van der Waals surface area contributed by atoms with Gasteiger partial charge in [-0.15, -0.1) is 0 Å². The smallest absolute Gasteiger partial charge is 0.192 e. The third kappa shape index (κ3) is 12.3. The molecule has 156 valence electrons. The molecule has 2 atom stereocenters. The lowest BCUT2D eigenvalue weighted by molar-refractivity contribution is 0.0263. The highest BCUT2D eigenvalue weighted by Gasteiger charge is 2.53. The minimum atomic E-state index is -0.749. The van der Waals surface area contributed by atoms with Gasteiger partial charge in [0, 0.05) is 6.42 Å². The van der Waals surface area contributed by atoms with Gasteiger partial charge < -0.3 is 9.84 Å². The SMILES string of the molecule is CCCCCCCCCCCCC1OC1(O)CCCCCCCCCC. The summed E-state index contributed by atoms with van der Waals surface area (Å²) in [5.41, 5.74) is 0. The van der Waals surface area contributed by atoms with E-state index in [0.717, 1.165) is 19.3 Å². The third-order valence-electron chi connectivity index (χ3n) is 6.00. The molecule has 0 radical (unpaired) electrons. The highest BCUT2D eigenvalue weighted by Crippen LogP contribution is 2.41. The van der Waals surface area contributed by atoms with Crippen LogP contribution in [0.25, 0.3) is 0 Å². The lowest BCUT2D eigenvalue weighted by atomic mass is 10.0. The second kappa shape index (κ2) is 15.9. The van der Waals surface area contributed by atoms with E-state index in [4.69, 9.17) is 4.74 Å². The van der Waals surface area contributed by atoms with Gasteiger partial charge in [0.1, 0.15) is 6.10 Å². The minimum Gasteiger partial charge on any atom is -0.363 e. The van der Waals surface area contributed by atoms with Crippen LogP contribution in [0, 0.1) is 0 Å². The summed E-state index contributed by atoms with van der Waals surface area (Å²) in [5.74, 6) is -0.749. The van der Waals surface area contributed by atoms with Gasteiger partial charge in [0.2, 0.25) is 0 Å². The van der Waals surface area contributed by atoms with Crippen LogP contribution in [0.3, 0.4) is 0 Å². The van der Waals surface area contributed by atoms with Gasteiger partial charge in [0.25, 0.3) is 0 Å². The van der Waals surface area contributed by atoms with Gasteiger partial charge in [0.15, 0.2) is 5.79 Å². The molecule has 0 aromatic heterocycles. The Morgan fingerprint density at radius 3 is 1.42 bits per heavy atom. The maximum atomic E-state index is 10.4. The first-order valence-electron chi connectivity index (χ1n) is 12.1. The van der Waals surface area contributed by atoms with Crippen LogP contribution in [0.4, 0.5) is 0 Å². The van der Waals surface area contributed by atoms with Crippen LogP contribution in [0.1, 0.15) is 142 Å². The fourth-order valence-corrected chi connectivity index (χ4v) is 4.05. The molecule has 1 fully saturated rings. The van der Waals surface area contributed by atoms with Gasteiger partial charge in [-0.05, 0) is 12.8 Å². The van der Waals surface area contributed by atoms with E-state index in [0.29, 0.717) is 0 Å². The second-order valence-electron chi connectivity index (χ2n) is 8.65. The number of unbranched alkanes of at least 4 members (excludes halogenated alkanes) is 16. The normalized spacial score (nSPS) is 22.0. The molecule has 2 nitrogen and oxygen atoms in total. The van der Waals surface area contributed by atoms with Crippen molar-refractivity contribution in [3.8, 4) is 0 Å². The van der Waals surface area contributed by atoms with Gasteiger partial charge >= 0.3 is 0 Å². The van der Waals surface area contributed by atoms with E-state index >= 15 is 0 Å². The molecule has 1 aliphatic rings. The maximum absolute atomic E-state index is 10.4. The van der Waals surface area contributed by atoms with E-state index in [-0.39, 0.29) is 6.10 Å². The molecule has 1 saturated heterocycles. The molecule has 2 heteroatoms. The Hall–Kier alpha value is -0.0800. The fourth-order valence-electron chi connectivity index (χ4n) is 4.05. The molecule has 0 spiro atoms. The molecule has 0 aliphatic carbocycles. The Morgan fingerprint density at radius 2 is 0.962 bits per heavy atom. The van der Waals surface area contributed by atoms with Crippen molar-refractivity contribution >= 4 is 0 Å². The monoisotopic (exact) mass is 368 g/mol. The Labute approximate surface area is 164 Å². The standard InChI is InChI=1S/C24H48O2/c1-3-5-7-9-11-13-14-15-17-19-21-23-24(25,26-23)22-20-18-16-12-10-8-6-4-2/h23,25H,3-22H2,1-2H3. The van der Waals surface area contributed by atoms with Gasteiger partial charge in [-0.25, -0.2) is 0 Å². The number of ether oxygens (including phenoxy) is 1. The number of hydrogen-bond donors (Lipinski definition) is 1. The van der Waals surface area contributed by atoms with E-state index < -0.39 is 5.79 Å². The van der Waals surface area contributed by atoms with Crippen LogP contribution in [0.15, 0.2) is 0 Å². The van der Waals surface area contributed by atoms with E-state index in [1.54, 1.807) is 0 Å². The average molecular weight is 369 g/mol. The zero-order valence-corrected chi connectivity index (χ0v) is 18.1. The van der Waals surface area contributed by atoms with E-state index in [9.17, 15) is 5.11 Å². The highest BCUT2D eigenvalue weighted by atomic mass is 16.7. The van der Waals surface area contributed by atoms with E-state index in [1.165, 1.54) is 109 Å². The largest absolute Gasteiger partial charge is 0.363 e. The van der Waals surface area contributed by atoms with Gasteiger partial charge in [-0.2, -0.15) is 0 Å². The van der Waals surface area contributed by atoms with Crippen molar-refractivity contribution in [2.45, 2.75) is 154 Å². The quantitative estimate of drug-likeness (QED) is 0.175. The van der Waals surface area contributed by atoms with Crippen LogP contribution < -0.4 is 0 Å².